The molecule has 0 bridgehead atoms. The summed E-state index contributed by atoms with van der Waals surface area (Å²) in [6.07, 6.45) is 1.55. The molecule has 4 nitrogen and oxygen atoms in total. The molecule has 5 heteroatoms. The highest BCUT2D eigenvalue weighted by Gasteiger charge is 2.29. The first-order valence-corrected chi connectivity index (χ1v) is 7.38. The number of rotatable bonds is 5. The molecular formula is C16H25ClN2O2. The molecule has 1 saturated heterocycles. The Kier molecular flexibility index (Phi) is 7.72. The van der Waals surface area contributed by atoms with Crippen LogP contribution in [0.4, 0.5) is 0 Å². The molecule has 1 N–H and O–H groups in total. The van der Waals surface area contributed by atoms with Crippen LogP contribution >= 0.6 is 12.4 Å². The van der Waals surface area contributed by atoms with E-state index in [1.807, 2.05) is 49.2 Å². The first-order valence-electron chi connectivity index (χ1n) is 7.38. The van der Waals surface area contributed by atoms with Crippen LogP contribution in [0, 0.1) is 0 Å². The van der Waals surface area contributed by atoms with Crippen molar-refractivity contribution >= 4 is 18.3 Å². The minimum absolute atomic E-state index is 0. The van der Waals surface area contributed by atoms with E-state index in [9.17, 15) is 4.79 Å². The van der Waals surface area contributed by atoms with Crippen molar-refractivity contribution in [2.45, 2.75) is 31.9 Å². The second kappa shape index (κ2) is 9.03. The molecule has 1 aromatic rings. The molecule has 0 radical (unpaired) electrons. The second-order valence-electron chi connectivity index (χ2n) is 5.13. The van der Waals surface area contributed by atoms with Crippen LogP contribution < -0.4 is 5.32 Å². The molecule has 1 aliphatic heterocycles. The molecular weight excluding hydrogens is 288 g/mol. The van der Waals surface area contributed by atoms with Crippen LogP contribution in [0.1, 0.15) is 31.4 Å². The summed E-state index contributed by atoms with van der Waals surface area (Å²) in [7, 11) is 1.98. The maximum absolute atomic E-state index is 12.7. The van der Waals surface area contributed by atoms with Gasteiger partial charge in [-0.05, 0) is 32.4 Å². The number of likely N-dealkylation sites (tertiary alicyclic amines) is 1. The topological polar surface area (TPSA) is 41.6 Å². The molecule has 1 atom stereocenters. The number of nitrogens with one attached hydrogen (secondary N) is 1. The molecule has 118 valence electrons. The number of carbonyl (C=O) groups excluding carboxylic acids is 1. The van der Waals surface area contributed by atoms with E-state index in [-0.39, 0.29) is 18.3 Å². The molecule has 21 heavy (non-hydrogen) atoms. The summed E-state index contributed by atoms with van der Waals surface area (Å²) >= 11 is 0. The van der Waals surface area contributed by atoms with E-state index in [0.29, 0.717) is 12.6 Å². The zero-order valence-corrected chi connectivity index (χ0v) is 13.6. The van der Waals surface area contributed by atoms with Gasteiger partial charge in [0, 0.05) is 25.7 Å². The summed E-state index contributed by atoms with van der Waals surface area (Å²) in [5.74, 6) is 0.0904. The molecule has 1 unspecified atom stereocenters. The number of ether oxygens (including phenoxy) is 1. The van der Waals surface area contributed by atoms with Crippen LogP contribution in [0.3, 0.4) is 0 Å². The maximum atomic E-state index is 12.7. The summed E-state index contributed by atoms with van der Waals surface area (Å²) in [5, 5.41) is 3.28. The number of benzene rings is 1. The van der Waals surface area contributed by atoms with Gasteiger partial charge in [0.1, 0.15) is 0 Å². The molecule has 0 saturated carbocycles. The van der Waals surface area contributed by atoms with Crippen LogP contribution in [-0.2, 0) is 9.53 Å². The quantitative estimate of drug-likeness (QED) is 0.908. The number of hydrogen-bond donors (Lipinski definition) is 1. The normalized spacial score (nSPS) is 17.1. The predicted molar refractivity (Wildman–Crippen MR) is 86.7 cm³/mol. The molecule has 1 fully saturated rings. The van der Waals surface area contributed by atoms with Gasteiger partial charge in [0.25, 0.3) is 5.91 Å². The maximum Gasteiger partial charge on any atom is 0.256 e. The van der Waals surface area contributed by atoms with Gasteiger partial charge >= 0.3 is 0 Å². The van der Waals surface area contributed by atoms with Crippen LogP contribution in [0.2, 0.25) is 0 Å². The minimum Gasteiger partial charge on any atom is -0.364 e. The Morgan fingerprint density at radius 3 is 2.48 bits per heavy atom. The fourth-order valence-corrected chi connectivity index (χ4v) is 2.66. The van der Waals surface area contributed by atoms with Crippen LogP contribution in [0.5, 0.6) is 0 Å². The highest BCUT2D eigenvalue weighted by Crippen LogP contribution is 2.22. The molecule has 1 heterocycles. The van der Waals surface area contributed by atoms with Crippen molar-refractivity contribution in [1.82, 2.24) is 10.2 Å². The fourth-order valence-electron chi connectivity index (χ4n) is 2.66. The van der Waals surface area contributed by atoms with Gasteiger partial charge in [0.2, 0.25) is 0 Å². The number of nitrogens with zero attached hydrogens (tertiary/aromatic N) is 1. The highest BCUT2D eigenvalue weighted by molar-refractivity contribution is 5.85. The van der Waals surface area contributed by atoms with E-state index >= 15 is 0 Å². The van der Waals surface area contributed by atoms with Crippen LogP contribution in [-0.4, -0.2) is 43.6 Å². The van der Waals surface area contributed by atoms with Gasteiger partial charge in [0.05, 0.1) is 0 Å². The largest absolute Gasteiger partial charge is 0.364 e. The van der Waals surface area contributed by atoms with Crippen molar-refractivity contribution in [2.24, 2.45) is 0 Å². The monoisotopic (exact) mass is 312 g/mol. The molecule has 0 spiro atoms. The number of piperidine rings is 1. The van der Waals surface area contributed by atoms with Crippen LogP contribution in [0.25, 0.3) is 0 Å². The van der Waals surface area contributed by atoms with E-state index < -0.39 is 6.10 Å². The molecule has 1 aliphatic rings. The molecule has 0 aromatic heterocycles. The van der Waals surface area contributed by atoms with Gasteiger partial charge in [-0.3, -0.25) is 4.79 Å². The second-order valence-corrected chi connectivity index (χ2v) is 5.13. The summed E-state index contributed by atoms with van der Waals surface area (Å²) in [5.41, 5.74) is 0.940. The Hall–Kier alpha value is -1.10. The zero-order valence-electron chi connectivity index (χ0n) is 12.7. The SMILES string of the molecule is CCOC(C(=O)N1CCC(NC)CC1)c1ccccc1.Cl. The number of amides is 1. The Balaban J connectivity index is 0.00000220. The summed E-state index contributed by atoms with van der Waals surface area (Å²) in [6, 6.07) is 10.3. The third kappa shape index (κ3) is 4.70. The lowest BCUT2D eigenvalue weighted by molar-refractivity contribution is -0.145. The smallest absolute Gasteiger partial charge is 0.256 e. The van der Waals surface area contributed by atoms with Crippen molar-refractivity contribution in [1.29, 1.82) is 0 Å². The number of hydrogen-bond acceptors (Lipinski definition) is 3. The van der Waals surface area contributed by atoms with Crippen molar-refractivity contribution < 1.29 is 9.53 Å². The summed E-state index contributed by atoms with van der Waals surface area (Å²) in [4.78, 5) is 14.6. The van der Waals surface area contributed by atoms with Gasteiger partial charge in [-0.15, -0.1) is 12.4 Å². The molecule has 0 aliphatic carbocycles. The van der Waals surface area contributed by atoms with Crippen molar-refractivity contribution in [2.75, 3.05) is 26.7 Å². The lowest BCUT2D eigenvalue weighted by Gasteiger charge is -2.34. The summed E-state index contributed by atoms with van der Waals surface area (Å²) < 4.78 is 5.69. The fraction of sp³-hybridized carbons (Fsp3) is 0.562. The first kappa shape index (κ1) is 18.0. The number of halogens is 1. The Morgan fingerprint density at radius 2 is 1.95 bits per heavy atom. The summed E-state index contributed by atoms with van der Waals surface area (Å²) in [6.45, 7) is 4.08. The van der Waals surface area contributed by atoms with E-state index in [4.69, 9.17) is 4.74 Å². The third-order valence-electron chi connectivity index (χ3n) is 3.87. The Bertz CT molecular complexity index is 420. The van der Waals surface area contributed by atoms with E-state index in [1.165, 1.54) is 0 Å². The van der Waals surface area contributed by atoms with E-state index in [2.05, 4.69) is 5.32 Å². The van der Waals surface area contributed by atoms with E-state index in [1.54, 1.807) is 0 Å². The van der Waals surface area contributed by atoms with Gasteiger partial charge < -0.3 is 15.0 Å². The van der Waals surface area contributed by atoms with Crippen molar-refractivity contribution in [3.8, 4) is 0 Å². The third-order valence-corrected chi connectivity index (χ3v) is 3.87. The van der Waals surface area contributed by atoms with E-state index in [0.717, 1.165) is 31.5 Å². The standard InChI is InChI=1S/C16H24N2O2.ClH/c1-3-20-15(13-7-5-4-6-8-13)16(19)18-11-9-14(17-2)10-12-18;/h4-8,14-15,17H,3,9-12H2,1-2H3;1H. The molecule has 2 rings (SSSR count). The predicted octanol–water partition coefficient (Wildman–Crippen LogP) is 2.40. The number of carbonyl (C=O) groups is 1. The minimum atomic E-state index is -0.465. The Morgan fingerprint density at radius 1 is 1.33 bits per heavy atom. The van der Waals surface area contributed by atoms with Gasteiger partial charge in [-0.1, -0.05) is 30.3 Å². The average molecular weight is 313 g/mol. The van der Waals surface area contributed by atoms with Gasteiger partial charge in [0.15, 0.2) is 6.10 Å². The molecule has 1 amide bonds. The van der Waals surface area contributed by atoms with Gasteiger partial charge in [-0.25, -0.2) is 0 Å². The van der Waals surface area contributed by atoms with Crippen molar-refractivity contribution in [3.63, 3.8) is 0 Å². The average Bonchev–Trinajstić information content (AvgIpc) is 2.53. The Labute approximate surface area is 133 Å². The zero-order chi connectivity index (χ0) is 14.4. The first-order chi connectivity index (χ1) is 9.76. The highest BCUT2D eigenvalue weighted by atomic mass is 35.5. The van der Waals surface area contributed by atoms with Crippen molar-refractivity contribution in [3.05, 3.63) is 35.9 Å². The van der Waals surface area contributed by atoms with Crippen LogP contribution in [0.15, 0.2) is 30.3 Å². The lowest BCUT2D eigenvalue weighted by atomic mass is 10.0. The van der Waals surface area contributed by atoms with Gasteiger partial charge in [-0.2, -0.15) is 0 Å². The molecule has 1 aromatic carbocycles. The lowest BCUT2D eigenvalue weighted by Crippen LogP contribution is -2.46.